The summed E-state index contributed by atoms with van der Waals surface area (Å²) in [4.78, 5) is 23.4. The van der Waals surface area contributed by atoms with Gasteiger partial charge in [-0.3, -0.25) is 14.3 Å². The molecule has 4 nitrogen and oxygen atoms in total. The molecule has 4 aromatic rings. The predicted molar refractivity (Wildman–Crippen MR) is 140 cm³/mol. The first-order valence-electron chi connectivity index (χ1n) is 11.2. The molecule has 2 aromatic heterocycles. The van der Waals surface area contributed by atoms with Crippen LogP contribution in [0.2, 0.25) is 0 Å². The van der Waals surface area contributed by atoms with E-state index in [-0.39, 0.29) is 5.56 Å². The number of aromatic nitrogens is 2. The number of aryl methyl sites for hydroxylation is 1. The molecule has 0 unspecified atom stereocenters. The van der Waals surface area contributed by atoms with Crippen LogP contribution in [0.3, 0.4) is 0 Å². The molecule has 1 aliphatic rings. The standard InChI is InChI=1S/C27H27N3OS2/c1-18(2)17-32-27-28-25-24(26(31)30(27)21-7-5-4-6-8-21)22-13-14-29(16-23(22)33-25)15-20-11-9-19(3)10-12-20/h4-12H,1,13-17H2,2-3H3. The summed E-state index contributed by atoms with van der Waals surface area (Å²) in [6.07, 6.45) is 0.880. The van der Waals surface area contributed by atoms with Gasteiger partial charge in [0.15, 0.2) is 5.16 Å². The van der Waals surface area contributed by atoms with Gasteiger partial charge in [-0.2, -0.15) is 0 Å². The highest BCUT2D eigenvalue weighted by Gasteiger charge is 2.25. The second kappa shape index (κ2) is 9.29. The highest BCUT2D eigenvalue weighted by atomic mass is 32.2. The number of benzene rings is 2. The molecule has 0 radical (unpaired) electrons. The van der Waals surface area contributed by atoms with Crippen molar-refractivity contribution in [2.45, 2.75) is 38.5 Å². The number of hydrogen-bond acceptors (Lipinski definition) is 5. The van der Waals surface area contributed by atoms with Crippen molar-refractivity contribution in [2.75, 3.05) is 12.3 Å². The maximum Gasteiger partial charge on any atom is 0.267 e. The summed E-state index contributed by atoms with van der Waals surface area (Å²) in [5.74, 6) is 0.736. The van der Waals surface area contributed by atoms with Crippen LogP contribution in [0, 0.1) is 6.92 Å². The molecule has 0 spiro atoms. The Morgan fingerprint density at radius 1 is 1.15 bits per heavy atom. The van der Waals surface area contributed by atoms with Crippen molar-refractivity contribution in [2.24, 2.45) is 0 Å². The van der Waals surface area contributed by atoms with Gasteiger partial charge in [0.05, 0.1) is 11.1 Å². The summed E-state index contributed by atoms with van der Waals surface area (Å²) in [5.41, 5.74) is 5.76. The molecule has 33 heavy (non-hydrogen) atoms. The molecule has 168 valence electrons. The average molecular weight is 474 g/mol. The molecule has 6 heteroatoms. The molecular formula is C27H27N3OS2. The Kier molecular flexibility index (Phi) is 6.23. The Labute approximate surface area is 202 Å². The van der Waals surface area contributed by atoms with E-state index in [2.05, 4.69) is 42.7 Å². The summed E-state index contributed by atoms with van der Waals surface area (Å²) in [6, 6.07) is 18.6. The van der Waals surface area contributed by atoms with E-state index in [1.54, 1.807) is 27.7 Å². The molecule has 0 amide bonds. The molecule has 1 aliphatic heterocycles. The molecule has 0 atom stereocenters. The van der Waals surface area contributed by atoms with Gasteiger partial charge < -0.3 is 0 Å². The lowest BCUT2D eigenvalue weighted by Gasteiger charge is -2.26. The van der Waals surface area contributed by atoms with Gasteiger partial charge in [0.1, 0.15) is 4.83 Å². The first-order valence-corrected chi connectivity index (χ1v) is 13.0. The number of fused-ring (bicyclic) bond motifs is 3. The lowest BCUT2D eigenvalue weighted by Crippen LogP contribution is -2.30. The van der Waals surface area contributed by atoms with Crippen LogP contribution in [0.5, 0.6) is 0 Å². The van der Waals surface area contributed by atoms with Crippen molar-refractivity contribution in [3.05, 3.63) is 98.7 Å². The smallest absolute Gasteiger partial charge is 0.267 e. The Morgan fingerprint density at radius 3 is 2.64 bits per heavy atom. The summed E-state index contributed by atoms with van der Waals surface area (Å²) < 4.78 is 1.78. The summed E-state index contributed by atoms with van der Waals surface area (Å²) in [7, 11) is 0. The summed E-state index contributed by atoms with van der Waals surface area (Å²) >= 11 is 3.26. The zero-order chi connectivity index (χ0) is 22.9. The van der Waals surface area contributed by atoms with E-state index in [4.69, 9.17) is 4.98 Å². The fourth-order valence-electron chi connectivity index (χ4n) is 4.25. The van der Waals surface area contributed by atoms with Gasteiger partial charge in [0.25, 0.3) is 5.56 Å². The second-order valence-electron chi connectivity index (χ2n) is 8.75. The first-order chi connectivity index (χ1) is 16.0. The number of hydrogen-bond donors (Lipinski definition) is 0. The van der Waals surface area contributed by atoms with Gasteiger partial charge in [-0.05, 0) is 43.5 Å². The van der Waals surface area contributed by atoms with Gasteiger partial charge >= 0.3 is 0 Å². The van der Waals surface area contributed by atoms with E-state index in [1.807, 2.05) is 37.3 Å². The molecule has 0 N–H and O–H groups in total. The van der Waals surface area contributed by atoms with Crippen molar-refractivity contribution in [1.29, 1.82) is 0 Å². The van der Waals surface area contributed by atoms with Crippen LogP contribution < -0.4 is 5.56 Å². The molecule has 0 fully saturated rings. The quantitative estimate of drug-likeness (QED) is 0.196. The Hall–Kier alpha value is -2.67. The number of thioether (sulfide) groups is 1. The summed E-state index contributed by atoms with van der Waals surface area (Å²) in [5, 5.41) is 1.53. The van der Waals surface area contributed by atoms with Crippen LogP contribution in [0.25, 0.3) is 15.9 Å². The fourth-order valence-corrected chi connectivity index (χ4v) is 6.41. The topological polar surface area (TPSA) is 38.1 Å². The third-order valence-electron chi connectivity index (χ3n) is 5.91. The lowest BCUT2D eigenvalue weighted by atomic mass is 10.0. The minimum absolute atomic E-state index is 0.0416. The second-order valence-corrected chi connectivity index (χ2v) is 10.8. The van der Waals surface area contributed by atoms with Crippen molar-refractivity contribution >= 4 is 33.3 Å². The zero-order valence-electron chi connectivity index (χ0n) is 19.0. The van der Waals surface area contributed by atoms with Crippen molar-refractivity contribution < 1.29 is 0 Å². The van der Waals surface area contributed by atoms with Crippen LogP contribution in [0.4, 0.5) is 0 Å². The van der Waals surface area contributed by atoms with E-state index in [0.29, 0.717) is 0 Å². The van der Waals surface area contributed by atoms with Gasteiger partial charge in [0, 0.05) is 30.3 Å². The minimum atomic E-state index is 0.0416. The Morgan fingerprint density at radius 2 is 1.91 bits per heavy atom. The molecule has 5 rings (SSSR count). The number of nitrogens with zero attached hydrogens (tertiary/aromatic N) is 3. The third kappa shape index (κ3) is 4.56. The molecule has 0 saturated heterocycles. The SMILES string of the molecule is C=C(C)CSc1nc2sc3c(c2c(=O)n1-c1ccccc1)CCN(Cc1ccc(C)cc1)C3. The molecule has 0 saturated carbocycles. The maximum atomic E-state index is 13.8. The zero-order valence-corrected chi connectivity index (χ0v) is 20.6. The third-order valence-corrected chi connectivity index (χ3v) is 8.19. The molecular weight excluding hydrogens is 446 g/mol. The monoisotopic (exact) mass is 473 g/mol. The fraction of sp³-hybridized carbons (Fsp3) is 0.259. The minimum Gasteiger partial charge on any atom is -0.294 e. The highest BCUT2D eigenvalue weighted by Crippen LogP contribution is 2.35. The van der Waals surface area contributed by atoms with Gasteiger partial charge in [-0.25, -0.2) is 4.98 Å². The van der Waals surface area contributed by atoms with Gasteiger partial charge in [-0.1, -0.05) is 71.9 Å². The first kappa shape index (κ1) is 22.1. The average Bonchev–Trinajstić information content (AvgIpc) is 3.17. The van der Waals surface area contributed by atoms with E-state index in [1.165, 1.54) is 21.6 Å². The van der Waals surface area contributed by atoms with Crippen molar-refractivity contribution in [3.8, 4) is 5.69 Å². The van der Waals surface area contributed by atoms with Crippen molar-refractivity contribution in [1.82, 2.24) is 14.5 Å². The van der Waals surface area contributed by atoms with Gasteiger partial charge in [-0.15, -0.1) is 11.3 Å². The van der Waals surface area contributed by atoms with Crippen LogP contribution in [-0.4, -0.2) is 26.7 Å². The Balaban J connectivity index is 1.54. The molecule has 0 aliphatic carbocycles. The van der Waals surface area contributed by atoms with Crippen LogP contribution in [-0.2, 0) is 19.5 Å². The van der Waals surface area contributed by atoms with E-state index in [9.17, 15) is 4.79 Å². The number of rotatable bonds is 6. The van der Waals surface area contributed by atoms with Crippen molar-refractivity contribution in [3.63, 3.8) is 0 Å². The van der Waals surface area contributed by atoms with Crippen LogP contribution in [0.1, 0.15) is 28.5 Å². The van der Waals surface area contributed by atoms with E-state index >= 15 is 0 Å². The highest BCUT2D eigenvalue weighted by molar-refractivity contribution is 7.99. The number of thiophene rings is 1. The molecule has 0 bridgehead atoms. The number of para-hydroxylation sites is 1. The van der Waals surface area contributed by atoms with Crippen LogP contribution >= 0.6 is 23.1 Å². The predicted octanol–water partition coefficient (Wildman–Crippen LogP) is 5.98. The lowest BCUT2D eigenvalue weighted by molar-refractivity contribution is 0.249. The molecule has 2 aromatic carbocycles. The van der Waals surface area contributed by atoms with E-state index in [0.717, 1.165) is 58.4 Å². The normalized spacial score (nSPS) is 13.9. The Bertz CT molecular complexity index is 1370. The summed E-state index contributed by atoms with van der Waals surface area (Å²) in [6.45, 7) is 10.9. The van der Waals surface area contributed by atoms with Gasteiger partial charge in [0.2, 0.25) is 0 Å². The van der Waals surface area contributed by atoms with E-state index < -0.39 is 0 Å². The molecule has 3 heterocycles. The van der Waals surface area contributed by atoms with Crippen LogP contribution in [0.15, 0.2) is 76.7 Å². The largest absolute Gasteiger partial charge is 0.294 e. The maximum absolute atomic E-state index is 13.8.